The van der Waals surface area contributed by atoms with E-state index in [1.807, 2.05) is 6.92 Å². The molecule has 0 aromatic carbocycles. The number of ether oxygens (including phenoxy) is 2. The zero-order chi connectivity index (χ0) is 13.4. The van der Waals surface area contributed by atoms with Gasteiger partial charge in [0.25, 0.3) is 0 Å². The minimum absolute atomic E-state index is 0.00280. The van der Waals surface area contributed by atoms with Crippen molar-refractivity contribution in [3.63, 3.8) is 0 Å². The monoisotopic (exact) mass is 257 g/mol. The minimum atomic E-state index is -0.268. The molecule has 0 aromatic rings. The van der Waals surface area contributed by atoms with E-state index in [2.05, 4.69) is 10.1 Å². The predicted octanol–water partition coefficient (Wildman–Crippen LogP) is 1.12. The van der Waals surface area contributed by atoms with Crippen LogP contribution in [0, 0.1) is 11.8 Å². The number of nitrogens with one attached hydrogen (secondary N) is 1. The molecule has 0 spiro atoms. The van der Waals surface area contributed by atoms with Gasteiger partial charge in [0.2, 0.25) is 5.91 Å². The van der Waals surface area contributed by atoms with Gasteiger partial charge in [-0.3, -0.25) is 9.59 Å². The Hall–Kier alpha value is -1.10. The van der Waals surface area contributed by atoms with Crippen molar-refractivity contribution in [2.24, 2.45) is 11.8 Å². The first-order chi connectivity index (χ1) is 8.61. The fraction of sp³-hybridized carbons (Fsp3) is 0.846. The molecular formula is C13H23NO4. The van der Waals surface area contributed by atoms with Gasteiger partial charge < -0.3 is 14.8 Å². The number of esters is 1. The molecule has 0 unspecified atom stereocenters. The van der Waals surface area contributed by atoms with Crippen LogP contribution in [0.4, 0.5) is 0 Å². The van der Waals surface area contributed by atoms with Gasteiger partial charge in [-0.2, -0.15) is 0 Å². The van der Waals surface area contributed by atoms with Gasteiger partial charge in [0.15, 0.2) is 0 Å². The third kappa shape index (κ3) is 6.00. The van der Waals surface area contributed by atoms with Gasteiger partial charge in [-0.15, -0.1) is 0 Å². The number of hydrogen-bond donors (Lipinski definition) is 1. The molecular weight excluding hydrogens is 234 g/mol. The van der Waals surface area contributed by atoms with E-state index in [0.29, 0.717) is 18.9 Å². The summed E-state index contributed by atoms with van der Waals surface area (Å²) in [5.41, 5.74) is 0. The van der Waals surface area contributed by atoms with Crippen LogP contribution in [0.1, 0.15) is 32.6 Å². The summed E-state index contributed by atoms with van der Waals surface area (Å²) in [6.07, 6.45) is 2.83. The maximum atomic E-state index is 11.7. The highest BCUT2D eigenvalue weighted by atomic mass is 16.5. The zero-order valence-electron chi connectivity index (χ0n) is 11.2. The molecule has 1 N–H and O–H groups in total. The van der Waals surface area contributed by atoms with Crippen molar-refractivity contribution in [1.82, 2.24) is 5.32 Å². The van der Waals surface area contributed by atoms with Crippen LogP contribution in [0.15, 0.2) is 0 Å². The molecule has 1 saturated heterocycles. The van der Waals surface area contributed by atoms with E-state index in [4.69, 9.17) is 4.74 Å². The molecule has 0 aliphatic carbocycles. The lowest BCUT2D eigenvalue weighted by Crippen LogP contribution is -2.34. The Morgan fingerprint density at radius 2 is 2.22 bits per heavy atom. The van der Waals surface area contributed by atoms with Gasteiger partial charge in [0.05, 0.1) is 13.7 Å². The first-order valence-electron chi connectivity index (χ1n) is 6.53. The van der Waals surface area contributed by atoms with Crippen LogP contribution >= 0.6 is 0 Å². The average molecular weight is 257 g/mol. The molecule has 5 nitrogen and oxygen atoms in total. The molecule has 104 valence electrons. The van der Waals surface area contributed by atoms with Crippen molar-refractivity contribution in [2.45, 2.75) is 32.6 Å². The second kappa shape index (κ2) is 8.08. The highest BCUT2D eigenvalue weighted by molar-refractivity contribution is 5.77. The van der Waals surface area contributed by atoms with Crippen LogP contribution in [0.2, 0.25) is 0 Å². The van der Waals surface area contributed by atoms with E-state index in [0.717, 1.165) is 26.1 Å². The lowest BCUT2D eigenvalue weighted by Gasteiger charge is -2.22. The van der Waals surface area contributed by atoms with Crippen molar-refractivity contribution < 1.29 is 19.1 Å². The average Bonchev–Trinajstić information content (AvgIpc) is 2.37. The summed E-state index contributed by atoms with van der Waals surface area (Å²) in [6, 6.07) is 0. The summed E-state index contributed by atoms with van der Waals surface area (Å²) in [4.78, 5) is 22.7. The summed E-state index contributed by atoms with van der Waals surface area (Å²) in [6.45, 7) is 4.11. The van der Waals surface area contributed by atoms with Gasteiger partial charge in [-0.25, -0.2) is 0 Å². The summed E-state index contributed by atoms with van der Waals surface area (Å²) in [7, 11) is 1.36. The van der Waals surface area contributed by atoms with Crippen LogP contribution < -0.4 is 5.32 Å². The Morgan fingerprint density at radius 3 is 2.83 bits per heavy atom. The van der Waals surface area contributed by atoms with Gasteiger partial charge >= 0.3 is 5.97 Å². The fourth-order valence-electron chi connectivity index (χ4n) is 2.06. The first kappa shape index (κ1) is 15.0. The Bertz CT molecular complexity index is 274. The van der Waals surface area contributed by atoms with Crippen LogP contribution in [0.5, 0.6) is 0 Å². The summed E-state index contributed by atoms with van der Waals surface area (Å²) in [5.74, 6) is 0.173. The van der Waals surface area contributed by atoms with E-state index in [-0.39, 0.29) is 24.2 Å². The second-order valence-electron chi connectivity index (χ2n) is 4.98. The van der Waals surface area contributed by atoms with Gasteiger partial charge in [-0.1, -0.05) is 6.92 Å². The molecule has 1 aliphatic rings. The normalized spacial score (nSPS) is 21.1. The molecule has 0 bridgehead atoms. The number of amides is 1. The Morgan fingerprint density at radius 1 is 1.44 bits per heavy atom. The lowest BCUT2D eigenvalue weighted by atomic mass is 10.0. The maximum absolute atomic E-state index is 11.7. The Labute approximate surface area is 108 Å². The Kier molecular flexibility index (Phi) is 6.72. The van der Waals surface area contributed by atoms with Gasteiger partial charge in [-0.05, 0) is 24.7 Å². The number of carbonyl (C=O) groups excluding carboxylic acids is 2. The van der Waals surface area contributed by atoms with E-state index >= 15 is 0 Å². The standard InChI is InChI=1S/C13H23NO4/c1-10(7-13(16)17-2)6-12(15)14-8-11-4-3-5-18-9-11/h10-11H,3-9H2,1-2H3,(H,14,15)/t10-,11+/m1/s1. The molecule has 1 amide bonds. The second-order valence-corrected chi connectivity index (χ2v) is 4.98. The van der Waals surface area contributed by atoms with Crippen molar-refractivity contribution in [3.8, 4) is 0 Å². The third-order valence-electron chi connectivity index (χ3n) is 3.12. The van der Waals surface area contributed by atoms with Crippen LogP contribution in [-0.2, 0) is 19.1 Å². The van der Waals surface area contributed by atoms with Gasteiger partial charge in [0, 0.05) is 26.0 Å². The molecule has 2 atom stereocenters. The fourth-order valence-corrected chi connectivity index (χ4v) is 2.06. The molecule has 1 rings (SSSR count). The third-order valence-corrected chi connectivity index (χ3v) is 3.12. The highest BCUT2D eigenvalue weighted by Crippen LogP contribution is 2.13. The largest absolute Gasteiger partial charge is 0.469 e. The quantitative estimate of drug-likeness (QED) is 0.724. The maximum Gasteiger partial charge on any atom is 0.305 e. The highest BCUT2D eigenvalue weighted by Gasteiger charge is 2.17. The summed E-state index contributed by atoms with van der Waals surface area (Å²) in [5, 5.41) is 2.90. The number of carbonyl (C=O) groups is 2. The lowest BCUT2D eigenvalue weighted by molar-refractivity contribution is -0.141. The number of methoxy groups -OCH3 is 1. The number of rotatable bonds is 6. The number of hydrogen-bond acceptors (Lipinski definition) is 4. The van der Waals surface area contributed by atoms with Crippen molar-refractivity contribution in [1.29, 1.82) is 0 Å². The summed E-state index contributed by atoms with van der Waals surface area (Å²) < 4.78 is 9.92. The molecule has 1 fully saturated rings. The zero-order valence-corrected chi connectivity index (χ0v) is 11.2. The molecule has 0 aromatic heterocycles. The molecule has 5 heteroatoms. The topological polar surface area (TPSA) is 64.6 Å². The molecule has 1 heterocycles. The molecule has 0 radical (unpaired) electrons. The molecule has 1 aliphatic heterocycles. The molecule has 18 heavy (non-hydrogen) atoms. The SMILES string of the molecule is COC(=O)C[C@H](C)CC(=O)NC[C@@H]1CCCOC1. The van der Waals surface area contributed by atoms with E-state index in [9.17, 15) is 9.59 Å². The van der Waals surface area contributed by atoms with Crippen molar-refractivity contribution in [3.05, 3.63) is 0 Å². The minimum Gasteiger partial charge on any atom is -0.469 e. The van der Waals surface area contributed by atoms with Crippen LogP contribution in [0.25, 0.3) is 0 Å². The van der Waals surface area contributed by atoms with Crippen molar-refractivity contribution >= 4 is 11.9 Å². The van der Waals surface area contributed by atoms with E-state index in [1.54, 1.807) is 0 Å². The smallest absolute Gasteiger partial charge is 0.305 e. The Balaban J connectivity index is 2.14. The molecule has 0 saturated carbocycles. The van der Waals surface area contributed by atoms with Crippen molar-refractivity contribution in [2.75, 3.05) is 26.9 Å². The first-order valence-corrected chi connectivity index (χ1v) is 6.53. The predicted molar refractivity (Wildman–Crippen MR) is 67.0 cm³/mol. The van der Waals surface area contributed by atoms with Gasteiger partial charge in [0.1, 0.15) is 0 Å². The van der Waals surface area contributed by atoms with Crippen LogP contribution in [0.3, 0.4) is 0 Å². The van der Waals surface area contributed by atoms with Crippen LogP contribution in [-0.4, -0.2) is 38.7 Å². The van der Waals surface area contributed by atoms with E-state index in [1.165, 1.54) is 7.11 Å². The summed E-state index contributed by atoms with van der Waals surface area (Å²) >= 11 is 0. The van der Waals surface area contributed by atoms with E-state index < -0.39 is 0 Å².